The molecule has 0 radical (unpaired) electrons. The van der Waals surface area contributed by atoms with Gasteiger partial charge in [0, 0.05) is 24.7 Å². The van der Waals surface area contributed by atoms with Crippen LogP contribution in [0.1, 0.15) is 44.9 Å². The van der Waals surface area contributed by atoms with Gasteiger partial charge in [-0.3, -0.25) is 0 Å². The van der Waals surface area contributed by atoms with Gasteiger partial charge in [-0.05, 0) is 37.0 Å². The topological polar surface area (TPSA) is 16.1 Å². The third-order valence-electron chi connectivity index (χ3n) is 3.29. The maximum Gasteiger partial charge on any atom is 0.129 e. The summed E-state index contributed by atoms with van der Waals surface area (Å²) in [6.07, 6.45) is 3.23. The maximum absolute atomic E-state index is 5.93. The fourth-order valence-corrected chi connectivity index (χ4v) is 2.25. The summed E-state index contributed by atoms with van der Waals surface area (Å²) in [7, 11) is 2.12. The van der Waals surface area contributed by atoms with Crippen molar-refractivity contribution in [3.8, 4) is 0 Å². The second kappa shape index (κ2) is 6.85. The largest absolute Gasteiger partial charge is 0.357 e. The summed E-state index contributed by atoms with van der Waals surface area (Å²) in [4.78, 5) is 6.96. The van der Waals surface area contributed by atoms with Gasteiger partial charge in [0.15, 0.2) is 0 Å². The first-order chi connectivity index (χ1) is 8.15. The van der Waals surface area contributed by atoms with E-state index < -0.39 is 0 Å². The molecule has 0 bridgehead atoms. The molecule has 2 nitrogen and oxygen atoms in total. The molecule has 3 heteroatoms. The minimum atomic E-state index is 0.554. The van der Waals surface area contributed by atoms with E-state index in [1.165, 1.54) is 0 Å². The Labute approximate surface area is 110 Å². The fourth-order valence-electron chi connectivity index (χ4n) is 2.10. The molecule has 1 aromatic rings. The van der Waals surface area contributed by atoms with E-state index >= 15 is 0 Å². The van der Waals surface area contributed by atoms with Crippen molar-refractivity contribution >= 4 is 17.4 Å². The smallest absolute Gasteiger partial charge is 0.129 e. The molecule has 0 aliphatic rings. The lowest BCUT2D eigenvalue weighted by Gasteiger charge is -2.28. The zero-order valence-corrected chi connectivity index (χ0v) is 12.1. The minimum absolute atomic E-state index is 0.554. The van der Waals surface area contributed by atoms with Gasteiger partial charge in [-0.25, -0.2) is 4.98 Å². The molecule has 0 saturated heterocycles. The van der Waals surface area contributed by atoms with Crippen LogP contribution in [0.2, 0.25) is 0 Å². The van der Waals surface area contributed by atoms with Gasteiger partial charge in [-0.1, -0.05) is 20.8 Å². The van der Waals surface area contributed by atoms with Gasteiger partial charge in [0.1, 0.15) is 5.82 Å². The third kappa shape index (κ3) is 3.60. The molecule has 0 amide bonds. The number of anilines is 1. The minimum Gasteiger partial charge on any atom is -0.357 e. The van der Waals surface area contributed by atoms with Crippen molar-refractivity contribution < 1.29 is 0 Å². The molecule has 96 valence electrons. The molecule has 0 N–H and O–H groups in total. The number of alkyl halides is 1. The van der Waals surface area contributed by atoms with Crippen molar-refractivity contribution in [2.45, 2.75) is 52.0 Å². The van der Waals surface area contributed by atoms with Gasteiger partial charge in [-0.15, -0.1) is 11.6 Å². The predicted molar refractivity (Wildman–Crippen MR) is 75.9 cm³/mol. The Hall–Kier alpha value is -0.760. The summed E-state index contributed by atoms with van der Waals surface area (Å²) < 4.78 is 0. The van der Waals surface area contributed by atoms with Crippen LogP contribution in [0.15, 0.2) is 12.1 Å². The van der Waals surface area contributed by atoms with Crippen LogP contribution < -0.4 is 4.90 Å². The molecular weight excluding hydrogens is 232 g/mol. The van der Waals surface area contributed by atoms with Gasteiger partial charge in [-0.2, -0.15) is 0 Å². The molecule has 1 aromatic heterocycles. The van der Waals surface area contributed by atoms with Crippen LogP contribution in [-0.4, -0.2) is 18.1 Å². The molecule has 1 heterocycles. The maximum atomic E-state index is 5.93. The highest BCUT2D eigenvalue weighted by Crippen LogP contribution is 2.20. The Morgan fingerprint density at radius 2 is 1.88 bits per heavy atom. The Bertz CT molecular complexity index is 326. The fraction of sp³-hybridized carbons (Fsp3) is 0.643. The van der Waals surface area contributed by atoms with Crippen molar-refractivity contribution in [2.24, 2.45) is 0 Å². The van der Waals surface area contributed by atoms with Crippen LogP contribution in [-0.2, 0) is 12.3 Å². The van der Waals surface area contributed by atoms with Crippen molar-refractivity contribution in [3.05, 3.63) is 23.4 Å². The number of aryl methyl sites for hydroxylation is 1. The van der Waals surface area contributed by atoms with Crippen LogP contribution >= 0.6 is 11.6 Å². The van der Waals surface area contributed by atoms with E-state index in [1.54, 1.807) is 0 Å². The summed E-state index contributed by atoms with van der Waals surface area (Å²) in [5.41, 5.74) is 2.28. The van der Waals surface area contributed by atoms with Crippen molar-refractivity contribution in [1.82, 2.24) is 4.98 Å². The predicted octanol–water partition coefficient (Wildman–Crippen LogP) is 4.01. The summed E-state index contributed by atoms with van der Waals surface area (Å²) in [5, 5.41) is 0. The van der Waals surface area contributed by atoms with Gasteiger partial charge in [0.05, 0.1) is 0 Å². The summed E-state index contributed by atoms with van der Waals surface area (Å²) in [6, 6.07) is 4.75. The molecule has 0 saturated carbocycles. The highest BCUT2D eigenvalue weighted by molar-refractivity contribution is 6.17. The standard InChI is InChI=1S/C14H23ClN2/c1-5-12-8-11(10-15)9-14(16-12)17(4)13(6-2)7-3/h8-9,13H,5-7,10H2,1-4H3. The number of hydrogen-bond donors (Lipinski definition) is 0. The molecule has 0 fully saturated rings. The number of halogens is 1. The second-order valence-electron chi connectivity index (χ2n) is 4.39. The molecule has 0 aliphatic heterocycles. The highest BCUT2D eigenvalue weighted by Gasteiger charge is 2.13. The first-order valence-electron chi connectivity index (χ1n) is 6.44. The molecule has 0 atom stereocenters. The van der Waals surface area contributed by atoms with Crippen LogP contribution in [0.3, 0.4) is 0 Å². The van der Waals surface area contributed by atoms with Crippen LogP contribution in [0.4, 0.5) is 5.82 Å². The lowest BCUT2D eigenvalue weighted by molar-refractivity contribution is 0.586. The lowest BCUT2D eigenvalue weighted by Crippen LogP contribution is -2.31. The lowest BCUT2D eigenvalue weighted by atomic mass is 10.1. The average Bonchev–Trinajstić information content (AvgIpc) is 2.39. The van der Waals surface area contributed by atoms with Gasteiger partial charge < -0.3 is 4.90 Å². The molecule has 17 heavy (non-hydrogen) atoms. The number of aromatic nitrogens is 1. The van der Waals surface area contributed by atoms with Crippen LogP contribution in [0.5, 0.6) is 0 Å². The molecule has 1 rings (SSSR count). The monoisotopic (exact) mass is 254 g/mol. The van der Waals surface area contributed by atoms with E-state index in [4.69, 9.17) is 11.6 Å². The molecular formula is C14H23ClN2. The normalized spacial score (nSPS) is 10.9. The first kappa shape index (κ1) is 14.3. The SMILES string of the molecule is CCc1cc(CCl)cc(N(C)C(CC)CC)n1. The van der Waals surface area contributed by atoms with E-state index in [9.17, 15) is 0 Å². The van der Waals surface area contributed by atoms with E-state index in [0.29, 0.717) is 11.9 Å². The zero-order valence-electron chi connectivity index (χ0n) is 11.3. The van der Waals surface area contributed by atoms with Gasteiger partial charge >= 0.3 is 0 Å². The summed E-state index contributed by atoms with van der Waals surface area (Å²) >= 11 is 5.93. The average molecular weight is 255 g/mol. The van der Waals surface area contributed by atoms with E-state index in [1.807, 2.05) is 0 Å². The van der Waals surface area contributed by atoms with Gasteiger partial charge in [0.2, 0.25) is 0 Å². The molecule has 0 spiro atoms. The molecule has 0 unspecified atom stereocenters. The number of nitrogens with zero attached hydrogens (tertiary/aromatic N) is 2. The first-order valence-corrected chi connectivity index (χ1v) is 6.98. The summed E-state index contributed by atoms with van der Waals surface area (Å²) in [6.45, 7) is 6.56. The quantitative estimate of drug-likeness (QED) is 0.713. The van der Waals surface area contributed by atoms with E-state index in [2.05, 4.69) is 49.8 Å². The van der Waals surface area contributed by atoms with Crippen molar-refractivity contribution in [3.63, 3.8) is 0 Å². The number of hydrogen-bond acceptors (Lipinski definition) is 2. The zero-order chi connectivity index (χ0) is 12.8. The highest BCUT2D eigenvalue weighted by atomic mass is 35.5. The Kier molecular flexibility index (Phi) is 5.76. The van der Waals surface area contributed by atoms with E-state index in [-0.39, 0.29) is 0 Å². The summed E-state index contributed by atoms with van der Waals surface area (Å²) in [5.74, 6) is 1.60. The molecule has 0 aliphatic carbocycles. The Morgan fingerprint density at radius 1 is 1.24 bits per heavy atom. The van der Waals surface area contributed by atoms with E-state index in [0.717, 1.165) is 36.3 Å². The van der Waals surface area contributed by atoms with Crippen LogP contribution in [0, 0.1) is 0 Å². The van der Waals surface area contributed by atoms with Crippen molar-refractivity contribution in [1.29, 1.82) is 0 Å². The van der Waals surface area contributed by atoms with Crippen LogP contribution in [0.25, 0.3) is 0 Å². The number of rotatable bonds is 6. The number of pyridine rings is 1. The third-order valence-corrected chi connectivity index (χ3v) is 3.60. The Morgan fingerprint density at radius 3 is 2.35 bits per heavy atom. The second-order valence-corrected chi connectivity index (χ2v) is 4.66. The Balaban J connectivity index is 3.02. The molecule has 0 aromatic carbocycles. The van der Waals surface area contributed by atoms with Gasteiger partial charge in [0.25, 0.3) is 0 Å². The van der Waals surface area contributed by atoms with Crippen molar-refractivity contribution in [2.75, 3.05) is 11.9 Å².